The monoisotopic (exact) mass is 685 g/mol. The second kappa shape index (κ2) is 12.0. The number of para-hydroxylation sites is 1. The molecule has 0 N–H and O–H groups in total. The van der Waals surface area contributed by atoms with Crippen LogP contribution in [0.15, 0.2) is 212 Å². The van der Waals surface area contributed by atoms with E-state index in [-0.39, 0.29) is 0 Å². The molecule has 0 heterocycles. The molecule has 0 saturated carbocycles. The lowest BCUT2D eigenvalue weighted by Crippen LogP contribution is -2.26. The van der Waals surface area contributed by atoms with Crippen LogP contribution >= 0.6 is 0 Å². The predicted molar refractivity (Wildman–Crippen MR) is 226 cm³/mol. The minimum absolute atomic E-state index is 0.399. The average Bonchev–Trinajstić information content (AvgIpc) is 3.71. The van der Waals surface area contributed by atoms with Crippen molar-refractivity contribution in [1.29, 1.82) is 0 Å². The quantitative estimate of drug-likeness (QED) is 0.174. The fraction of sp³-hybridized carbons (Fsp3) is 0.0189. The molecule has 0 saturated heterocycles. The van der Waals surface area contributed by atoms with Crippen molar-refractivity contribution in [2.75, 3.05) is 4.90 Å². The molecule has 54 heavy (non-hydrogen) atoms. The van der Waals surface area contributed by atoms with Gasteiger partial charge in [0.05, 0.1) is 5.41 Å². The molecule has 0 radical (unpaired) electrons. The van der Waals surface area contributed by atoms with Crippen molar-refractivity contribution in [3.05, 3.63) is 235 Å². The fourth-order valence-electron chi connectivity index (χ4n) is 9.46. The number of hydrogen-bond acceptors (Lipinski definition) is 1. The highest BCUT2D eigenvalue weighted by Gasteiger charge is 2.51. The van der Waals surface area contributed by atoms with E-state index in [9.17, 15) is 0 Å². The van der Waals surface area contributed by atoms with Crippen molar-refractivity contribution in [2.24, 2.45) is 0 Å². The van der Waals surface area contributed by atoms with Crippen LogP contribution in [0.1, 0.15) is 22.3 Å². The van der Waals surface area contributed by atoms with Crippen LogP contribution in [-0.2, 0) is 5.41 Å². The average molecular weight is 686 g/mol. The summed E-state index contributed by atoms with van der Waals surface area (Å²) in [5.74, 6) is 0. The summed E-state index contributed by atoms with van der Waals surface area (Å²) in [5, 5.41) is 2.50. The van der Waals surface area contributed by atoms with E-state index < -0.39 is 5.41 Å². The molecular formula is C53H35N. The van der Waals surface area contributed by atoms with Gasteiger partial charge in [0.2, 0.25) is 0 Å². The first-order valence-corrected chi connectivity index (χ1v) is 18.8. The van der Waals surface area contributed by atoms with Crippen LogP contribution in [0.25, 0.3) is 55.3 Å². The molecule has 0 atom stereocenters. The van der Waals surface area contributed by atoms with E-state index in [0.717, 1.165) is 17.1 Å². The second-order valence-electron chi connectivity index (χ2n) is 14.4. The maximum Gasteiger partial charge on any atom is 0.0726 e. The molecule has 2 aliphatic carbocycles. The zero-order chi connectivity index (χ0) is 35.6. The maximum atomic E-state index is 2.47. The Morgan fingerprint density at radius 3 is 1.43 bits per heavy atom. The van der Waals surface area contributed by atoms with Crippen molar-refractivity contribution < 1.29 is 0 Å². The standard InChI is InChI=1S/C53H35N/c1-3-15-36(16-4-1)43-33-29-37-17-7-8-20-42(37)52(43)38-27-30-40(31-28-38)54(39-18-5-2-6-19-39)41-32-34-47-46-23-11-14-26-50(46)53(51(47)35-41)48-24-12-9-21-44(48)45-22-10-13-25-49(45)53/h1-35H. The van der Waals surface area contributed by atoms with E-state index in [0.29, 0.717) is 0 Å². The molecule has 0 unspecified atom stereocenters. The summed E-state index contributed by atoms with van der Waals surface area (Å²) in [7, 11) is 0. The van der Waals surface area contributed by atoms with Crippen molar-refractivity contribution in [1.82, 2.24) is 0 Å². The lowest BCUT2D eigenvalue weighted by Gasteiger charge is -2.32. The Morgan fingerprint density at radius 1 is 0.296 bits per heavy atom. The van der Waals surface area contributed by atoms with E-state index in [1.54, 1.807) is 0 Å². The number of rotatable bonds is 5. The van der Waals surface area contributed by atoms with Gasteiger partial charge in [-0.1, -0.05) is 176 Å². The van der Waals surface area contributed by atoms with Crippen LogP contribution in [0.5, 0.6) is 0 Å². The third kappa shape index (κ3) is 4.39. The molecule has 2 aliphatic rings. The lowest BCUT2D eigenvalue weighted by molar-refractivity contribution is 0.793. The SMILES string of the molecule is c1ccc(-c2ccc3ccccc3c2-c2ccc(N(c3ccccc3)c3ccc4c(c3)C3(c5ccccc5-c5ccccc53)c3ccccc3-4)cc2)cc1. The molecule has 252 valence electrons. The van der Waals surface area contributed by atoms with Gasteiger partial charge in [0, 0.05) is 17.1 Å². The minimum atomic E-state index is -0.399. The number of nitrogens with zero attached hydrogens (tertiary/aromatic N) is 1. The van der Waals surface area contributed by atoms with Crippen LogP contribution in [0.3, 0.4) is 0 Å². The van der Waals surface area contributed by atoms with Crippen molar-refractivity contribution >= 4 is 27.8 Å². The summed E-state index contributed by atoms with van der Waals surface area (Å²) in [6, 6.07) is 78.1. The number of fused-ring (bicyclic) bond motifs is 11. The van der Waals surface area contributed by atoms with Gasteiger partial charge < -0.3 is 4.90 Å². The number of hydrogen-bond donors (Lipinski definition) is 0. The molecule has 9 aromatic rings. The van der Waals surface area contributed by atoms with Gasteiger partial charge in [-0.15, -0.1) is 0 Å². The summed E-state index contributed by atoms with van der Waals surface area (Å²) in [5.41, 5.74) is 18.5. The molecule has 0 bridgehead atoms. The van der Waals surface area contributed by atoms with E-state index in [1.807, 2.05) is 0 Å². The Balaban J connectivity index is 1.11. The largest absolute Gasteiger partial charge is 0.310 e. The number of anilines is 3. The Hall–Kier alpha value is -6.96. The maximum absolute atomic E-state index is 2.47. The fourth-order valence-corrected chi connectivity index (χ4v) is 9.46. The number of benzene rings is 9. The van der Waals surface area contributed by atoms with Crippen molar-refractivity contribution in [3.8, 4) is 44.5 Å². The first-order chi connectivity index (χ1) is 26.8. The molecular weight excluding hydrogens is 651 g/mol. The second-order valence-corrected chi connectivity index (χ2v) is 14.4. The Bertz CT molecular complexity index is 2810. The van der Waals surface area contributed by atoms with Crippen LogP contribution in [0.2, 0.25) is 0 Å². The van der Waals surface area contributed by atoms with E-state index in [2.05, 4.69) is 217 Å². The van der Waals surface area contributed by atoms with Crippen LogP contribution in [0, 0.1) is 0 Å². The molecule has 0 aliphatic heterocycles. The van der Waals surface area contributed by atoms with Crippen molar-refractivity contribution in [2.45, 2.75) is 5.41 Å². The van der Waals surface area contributed by atoms with Gasteiger partial charge in [0.25, 0.3) is 0 Å². The summed E-state index contributed by atoms with van der Waals surface area (Å²) in [6.07, 6.45) is 0. The summed E-state index contributed by atoms with van der Waals surface area (Å²) in [4.78, 5) is 2.41. The molecule has 1 heteroatoms. The topological polar surface area (TPSA) is 3.24 Å². The van der Waals surface area contributed by atoms with Gasteiger partial charge >= 0.3 is 0 Å². The lowest BCUT2D eigenvalue weighted by atomic mass is 9.70. The Labute approximate surface area is 316 Å². The van der Waals surface area contributed by atoms with E-state index in [1.165, 1.54) is 77.5 Å². The highest BCUT2D eigenvalue weighted by atomic mass is 15.1. The first kappa shape index (κ1) is 30.6. The molecule has 0 amide bonds. The van der Waals surface area contributed by atoms with Gasteiger partial charge in [-0.05, 0) is 114 Å². The minimum Gasteiger partial charge on any atom is -0.310 e. The van der Waals surface area contributed by atoms with Crippen LogP contribution in [0.4, 0.5) is 17.1 Å². The molecule has 1 spiro atoms. The molecule has 0 fully saturated rings. The summed E-state index contributed by atoms with van der Waals surface area (Å²) in [6.45, 7) is 0. The zero-order valence-electron chi connectivity index (χ0n) is 29.7. The van der Waals surface area contributed by atoms with E-state index >= 15 is 0 Å². The predicted octanol–water partition coefficient (Wildman–Crippen LogP) is 14.0. The Morgan fingerprint density at radius 2 is 0.778 bits per heavy atom. The van der Waals surface area contributed by atoms with Crippen LogP contribution < -0.4 is 4.90 Å². The highest BCUT2D eigenvalue weighted by Crippen LogP contribution is 2.63. The first-order valence-electron chi connectivity index (χ1n) is 18.8. The summed E-state index contributed by atoms with van der Waals surface area (Å²) >= 11 is 0. The smallest absolute Gasteiger partial charge is 0.0726 e. The third-order valence-electron chi connectivity index (χ3n) is 11.7. The van der Waals surface area contributed by atoms with Gasteiger partial charge in [0.15, 0.2) is 0 Å². The van der Waals surface area contributed by atoms with Gasteiger partial charge in [-0.2, -0.15) is 0 Å². The molecule has 0 aromatic heterocycles. The molecule has 11 rings (SSSR count). The third-order valence-corrected chi connectivity index (χ3v) is 11.7. The highest BCUT2D eigenvalue weighted by molar-refractivity contribution is 6.04. The van der Waals surface area contributed by atoms with Crippen molar-refractivity contribution in [3.63, 3.8) is 0 Å². The normalized spacial score (nSPS) is 13.0. The van der Waals surface area contributed by atoms with Crippen LogP contribution in [-0.4, -0.2) is 0 Å². The summed E-state index contributed by atoms with van der Waals surface area (Å²) < 4.78 is 0. The van der Waals surface area contributed by atoms with Gasteiger partial charge in [-0.3, -0.25) is 0 Å². The molecule has 9 aromatic carbocycles. The molecule has 1 nitrogen and oxygen atoms in total. The Kier molecular flexibility index (Phi) is 6.84. The zero-order valence-corrected chi connectivity index (χ0v) is 29.7. The van der Waals surface area contributed by atoms with E-state index in [4.69, 9.17) is 0 Å². The van der Waals surface area contributed by atoms with Gasteiger partial charge in [0.1, 0.15) is 0 Å². The van der Waals surface area contributed by atoms with Gasteiger partial charge in [-0.25, -0.2) is 0 Å².